The molecule has 1 aromatic carbocycles. The number of hydrogen-bond donors (Lipinski definition) is 0. The van der Waals surface area contributed by atoms with Crippen molar-refractivity contribution >= 4 is 44.7 Å². The second-order valence-electron chi connectivity index (χ2n) is 6.70. The van der Waals surface area contributed by atoms with E-state index in [4.69, 9.17) is 0 Å². The molecule has 2 aliphatic rings. The van der Waals surface area contributed by atoms with Gasteiger partial charge in [-0.3, -0.25) is 19.3 Å². The Morgan fingerprint density at radius 1 is 1.39 bits per heavy atom. The van der Waals surface area contributed by atoms with Crippen molar-refractivity contribution in [3.8, 4) is 0 Å². The van der Waals surface area contributed by atoms with Crippen molar-refractivity contribution in [2.75, 3.05) is 25.1 Å². The van der Waals surface area contributed by atoms with Crippen molar-refractivity contribution < 1.29 is 27.2 Å². The van der Waals surface area contributed by atoms with Crippen molar-refractivity contribution in [2.24, 2.45) is 0 Å². The van der Waals surface area contributed by atoms with Crippen molar-refractivity contribution in [2.45, 2.75) is 18.9 Å². The predicted octanol–water partition coefficient (Wildman–Crippen LogP) is 1.90. The topological polar surface area (TPSA) is 91.8 Å². The number of hydrogen-bond acceptors (Lipinski definition) is 6. The van der Waals surface area contributed by atoms with Gasteiger partial charge in [-0.05, 0) is 42.0 Å². The van der Waals surface area contributed by atoms with E-state index in [1.807, 2.05) is 0 Å². The van der Waals surface area contributed by atoms with Gasteiger partial charge in [0.25, 0.3) is 11.1 Å². The Bertz CT molecular complexity index is 960. The molecule has 2 fully saturated rings. The van der Waals surface area contributed by atoms with Crippen LogP contribution in [0.2, 0.25) is 0 Å². The highest BCUT2D eigenvalue weighted by Gasteiger charge is 2.36. The van der Waals surface area contributed by atoms with Crippen LogP contribution in [0.25, 0.3) is 6.08 Å². The first-order valence-electron chi connectivity index (χ1n) is 8.63. The molecule has 2 saturated heterocycles. The molecule has 2 heterocycles. The third kappa shape index (κ3) is 4.61. The summed E-state index contributed by atoms with van der Waals surface area (Å²) in [4.78, 5) is 39.4. The van der Waals surface area contributed by atoms with Crippen LogP contribution >= 0.6 is 11.8 Å². The largest absolute Gasteiger partial charge is 0.342 e. The molecule has 3 amide bonds. The number of carbonyl (C=O) groups excluding carboxylic acids is 3. The smallest absolute Gasteiger partial charge is 0.293 e. The summed E-state index contributed by atoms with van der Waals surface area (Å²) >= 11 is 0.739. The normalized spacial score (nSPS) is 22.9. The van der Waals surface area contributed by atoms with Crippen LogP contribution in [0.3, 0.4) is 0 Å². The number of carbonyl (C=O) groups is 3. The molecular weight excluding hydrogens is 407 g/mol. The quantitative estimate of drug-likeness (QED) is 0.668. The van der Waals surface area contributed by atoms with Crippen LogP contribution < -0.4 is 0 Å². The summed E-state index contributed by atoms with van der Waals surface area (Å²) in [5, 5.41) is -0.494. The Kier molecular flexibility index (Phi) is 5.90. The van der Waals surface area contributed by atoms with E-state index in [1.54, 1.807) is 6.07 Å². The summed E-state index contributed by atoms with van der Waals surface area (Å²) in [5.41, 5.74) is 0.462. The molecule has 0 spiro atoms. The van der Waals surface area contributed by atoms with Crippen LogP contribution in [0, 0.1) is 5.82 Å². The molecule has 2 aliphatic heterocycles. The molecule has 150 valence electrons. The van der Waals surface area contributed by atoms with E-state index in [-0.39, 0.29) is 41.3 Å². The summed E-state index contributed by atoms with van der Waals surface area (Å²) in [6, 6.07) is 5.28. The van der Waals surface area contributed by atoms with Crippen molar-refractivity contribution in [3.63, 3.8) is 0 Å². The van der Waals surface area contributed by atoms with E-state index < -0.39 is 26.8 Å². The number of thioether (sulfide) groups is 1. The van der Waals surface area contributed by atoms with Gasteiger partial charge in [-0.2, -0.15) is 0 Å². The van der Waals surface area contributed by atoms with Gasteiger partial charge in [0, 0.05) is 26.1 Å². The lowest BCUT2D eigenvalue weighted by atomic mass is 10.2. The Labute approximate surface area is 166 Å². The Morgan fingerprint density at radius 2 is 2.14 bits per heavy atom. The maximum absolute atomic E-state index is 13.3. The van der Waals surface area contributed by atoms with Gasteiger partial charge in [0.05, 0.1) is 16.4 Å². The molecule has 0 aromatic heterocycles. The van der Waals surface area contributed by atoms with E-state index in [2.05, 4.69) is 0 Å². The van der Waals surface area contributed by atoms with Crippen LogP contribution in [0.15, 0.2) is 29.2 Å². The molecule has 1 unspecified atom stereocenters. The van der Waals surface area contributed by atoms with Crippen LogP contribution in [0.1, 0.15) is 18.4 Å². The third-order valence-corrected chi connectivity index (χ3v) is 7.38. The lowest BCUT2D eigenvalue weighted by Crippen LogP contribution is -2.40. The monoisotopic (exact) mass is 426 g/mol. The second-order valence-corrected chi connectivity index (χ2v) is 9.92. The average molecular weight is 426 g/mol. The minimum absolute atomic E-state index is 0.0588. The average Bonchev–Trinajstić information content (AvgIpc) is 3.11. The maximum atomic E-state index is 13.3. The van der Waals surface area contributed by atoms with Gasteiger partial charge < -0.3 is 4.90 Å². The van der Waals surface area contributed by atoms with Gasteiger partial charge in [0.1, 0.15) is 5.82 Å². The van der Waals surface area contributed by atoms with Gasteiger partial charge in [0.15, 0.2) is 9.84 Å². The van der Waals surface area contributed by atoms with Crippen molar-refractivity contribution in [1.82, 2.24) is 9.80 Å². The summed E-state index contributed by atoms with van der Waals surface area (Å²) in [6.45, 7) is -0.0895. The number of benzene rings is 1. The molecule has 3 rings (SSSR count). The highest BCUT2D eigenvalue weighted by Crippen LogP contribution is 2.32. The maximum Gasteiger partial charge on any atom is 0.293 e. The zero-order valence-corrected chi connectivity index (χ0v) is 16.8. The summed E-state index contributed by atoms with van der Waals surface area (Å²) in [6.07, 6.45) is 1.74. The molecular formula is C18H19FN2O5S2. The van der Waals surface area contributed by atoms with Gasteiger partial charge >= 0.3 is 0 Å². The van der Waals surface area contributed by atoms with Gasteiger partial charge in [-0.25, -0.2) is 12.8 Å². The minimum atomic E-state index is -3.11. The highest BCUT2D eigenvalue weighted by molar-refractivity contribution is 8.18. The summed E-state index contributed by atoms with van der Waals surface area (Å²) < 4.78 is 36.4. The lowest BCUT2D eigenvalue weighted by molar-refractivity contribution is -0.132. The van der Waals surface area contributed by atoms with Crippen molar-refractivity contribution in [1.29, 1.82) is 0 Å². The van der Waals surface area contributed by atoms with Crippen LogP contribution in [-0.4, -0.2) is 66.4 Å². The highest BCUT2D eigenvalue weighted by atomic mass is 32.2. The Morgan fingerprint density at radius 3 is 2.79 bits per heavy atom. The zero-order chi connectivity index (χ0) is 20.5. The number of halogens is 1. The number of imide groups is 1. The molecule has 1 atom stereocenters. The first kappa shape index (κ1) is 20.5. The lowest BCUT2D eigenvalue weighted by Gasteiger charge is -2.24. The van der Waals surface area contributed by atoms with Crippen molar-refractivity contribution in [3.05, 3.63) is 40.6 Å². The number of amides is 3. The molecule has 0 radical (unpaired) electrons. The fourth-order valence-corrected chi connectivity index (χ4v) is 5.75. The Hall–Kier alpha value is -2.20. The van der Waals surface area contributed by atoms with Crippen LogP contribution in [-0.2, 0) is 19.4 Å². The molecule has 7 nitrogen and oxygen atoms in total. The minimum Gasteiger partial charge on any atom is -0.342 e. The standard InChI is InChI=1S/C18H19FN2O5S2/c1-20(14-6-8-28(25,26)11-14)16(22)5-7-21-17(23)15(27-18(21)24)10-12-3-2-4-13(19)9-12/h2-4,9-10,14H,5-8,11H2,1H3/b15-10-. The van der Waals surface area contributed by atoms with E-state index in [0.29, 0.717) is 12.0 Å². The number of rotatable bonds is 5. The number of nitrogens with zero attached hydrogens (tertiary/aromatic N) is 2. The fourth-order valence-electron chi connectivity index (χ4n) is 3.11. The SMILES string of the molecule is CN(C(=O)CCN1C(=O)S/C(=C\c2cccc(F)c2)C1=O)C1CCS(=O)(=O)C1. The van der Waals surface area contributed by atoms with Crippen LogP contribution in [0.4, 0.5) is 9.18 Å². The molecule has 1 aromatic rings. The summed E-state index contributed by atoms with van der Waals surface area (Å²) in [5.74, 6) is -1.31. The Balaban J connectivity index is 1.61. The zero-order valence-electron chi connectivity index (χ0n) is 15.1. The predicted molar refractivity (Wildman–Crippen MR) is 104 cm³/mol. The summed E-state index contributed by atoms with van der Waals surface area (Å²) in [7, 11) is -1.58. The molecule has 0 bridgehead atoms. The molecule has 0 N–H and O–H groups in total. The van der Waals surface area contributed by atoms with Crippen LogP contribution in [0.5, 0.6) is 0 Å². The van der Waals surface area contributed by atoms with Gasteiger partial charge in [-0.1, -0.05) is 12.1 Å². The van der Waals surface area contributed by atoms with E-state index in [1.165, 1.54) is 36.2 Å². The van der Waals surface area contributed by atoms with E-state index in [0.717, 1.165) is 16.7 Å². The van der Waals surface area contributed by atoms with Gasteiger partial charge in [0.2, 0.25) is 5.91 Å². The van der Waals surface area contributed by atoms with Gasteiger partial charge in [-0.15, -0.1) is 0 Å². The number of sulfone groups is 1. The fraction of sp³-hybridized carbons (Fsp3) is 0.389. The molecule has 0 saturated carbocycles. The van der Waals surface area contributed by atoms with E-state index in [9.17, 15) is 27.2 Å². The molecule has 28 heavy (non-hydrogen) atoms. The second kappa shape index (κ2) is 8.04. The first-order chi connectivity index (χ1) is 13.2. The third-order valence-electron chi connectivity index (χ3n) is 4.72. The molecule has 10 heteroatoms. The van der Waals surface area contributed by atoms with E-state index >= 15 is 0 Å². The molecule has 0 aliphatic carbocycles. The first-order valence-corrected chi connectivity index (χ1v) is 11.3.